The van der Waals surface area contributed by atoms with Crippen molar-refractivity contribution in [1.29, 1.82) is 0 Å². The third kappa shape index (κ3) is 4.62. The summed E-state index contributed by atoms with van der Waals surface area (Å²) in [5.74, 6) is -0.660. The molecule has 2 amide bonds. The number of nitrogens with one attached hydrogen (secondary N) is 2. The van der Waals surface area contributed by atoms with E-state index >= 15 is 0 Å². The van der Waals surface area contributed by atoms with Gasteiger partial charge in [0.05, 0.1) is 0 Å². The average molecular weight is 373 g/mol. The molecule has 0 radical (unpaired) electrons. The number of aryl methyl sites for hydroxylation is 3. The van der Waals surface area contributed by atoms with Crippen molar-refractivity contribution in [3.8, 4) is 0 Å². The molecule has 142 valence electrons. The van der Waals surface area contributed by atoms with E-state index in [0.717, 1.165) is 27.9 Å². The molecule has 2 N–H and O–H groups in total. The van der Waals surface area contributed by atoms with Gasteiger partial charge in [0.1, 0.15) is 11.4 Å². The van der Waals surface area contributed by atoms with Crippen molar-refractivity contribution in [2.45, 2.75) is 27.3 Å². The summed E-state index contributed by atoms with van der Waals surface area (Å²) in [7, 11) is 0. The van der Waals surface area contributed by atoms with Gasteiger partial charge in [-0.3, -0.25) is 9.59 Å². The molecule has 28 heavy (non-hydrogen) atoms. The van der Waals surface area contributed by atoms with E-state index in [4.69, 9.17) is 0 Å². The number of aromatic nitrogens is 1. The van der Waals surface area contributed by atoms with Crippen LogP contribution in [0.25, 0.3) is 0 Å². The molecular weight excluding hydrogens is 350 g/mol. The van der Waals surface area contributed by atoms with Crippen LogP contribution in [0.1, 0.15) is 43.2 Å². The van der Waals surface area contributed by atoms with E-state index in [1.807, 2.05) is 63.2 Å². The van der Waals surface area contributed by atoms with Gasteiger partial charge in [0.15, 0.2) is 0 Å². The zero-order chi connectivity index (χ0) is 20.1. The first-order valence-electron chi connectivity index (χ1n) is 9.12. The first-order valence-corrected chi connectivity index (χ1v) is 9.12. The van der Waals surface area contributed by atoms with Crippen LogP contribution in [0.3, 0.4) is 0 Å². The van der Waals surface area contributed by atoms with Crippen LogP contribution in [-0.2, 0) is 6.54 Å². The second kappa shape index (κ2) is 8.48. The van der Waals surface area contributed by atoms with Crippen molar-refractivity contribution in [3.63, 3.8) is 0 Å². The average Bonchev–Trinajstić information content (AvgIpc) is 2.70. The van der Waals surface area contributed by atoms with Crippen LogP contribution in [0.15, 0.2) is 60.7 Å². The first kappa shape index (κ1) is 19.3. The van der Waals surface area contributed by atoms with Gasteiger partial charge in [-0.25, -0.2) is 4.98 Å². The molecule has 2 aromatic carbocycles. The van der Waals surface area contributed by atoms with Gasteiger partial charge in [0.25, 0.3) is 11.8 Å². The maximum Gasteiger partial charge on any atom is 0.274 e. The lowest BCUT2D eigenvalue weighted by molar-refractivity contribution is 0.0945. The number of rotatable bonds is 5. The third-order valence-electron chi connectivity index (χ3n) is 4.56. The minimum Gasteiger partial charge on any atom is -0.347 e. The van der Waals surface area contributed by atoms with Crippen LogP contribution in [0, 0.1) is 20.8 Å². The minimum atomic E-state index is -0.345. The minimum absolute atomic E-state index is 0.199. The molecule has 0 spiro atoms. The van der Waals surface area contributed by atoms with Crippen LogP contribution < -0.4 is 10.6 Å². The Bertz CT molecular complexity index is 1030. The van der Waals surface area contributed by atoms with Gasteiger partial charge in [0.2, 0.25) is 0 Å². The van der Waals surface area contributed by atoms with Crippen molar-refractivity contribution in [2.75, 3.05) is 5.32 Å². The van der Waals surface area contributed by atoms with E-state index in [9.17, 15) is 9.59 Å². The van der Waals surface area contributed by atoms with Crippen molar-refractivity contribution in [2.24, 2.45) is 0 Å². The third-order valence-corrected chi connectivity index (χ3v) is 4.56. The van der Waals surface area contributed by atoms with E-state index in [0.29, 0.717) is 6.54 Å². The second-order valence-corrected chi connectivity index (χ2v) is 6.79. The maximum atomic E-state index is 12.6. The molecule has 0 saturated heterocycles. The number of anilines is 1. The van der Waals surface area contributed by atoms with E-state index < -0.39 is 0 Å². The van der Waals surface area contributed by atoms with E-state index in [1.165, 1.54) is 0 Å². The quantitative estimate of drug-likeness (QED) is 0.704. The monoisotopic (exact) mass is 373 g/mol. The number of pyridine rings is 1. The second-order valence-electron chi connectivity index (χ2n) is 6.79. The number of benzene rings is 2. The fourth-order valence-corrected chi connectivity index (χ4v) is 2.82. The molecule has 0 aliphatic carbocycles. The fourth-order valence-electron chi connectivity index (χ4n) is 2.82. The molecule has 0 fully saturated rings. The van der Waals surface area contributed by atoms with Crippen LogP contribution in [0.2, 0.25) is 0 Å². The van der Waals surface area contributed by atoms with Gasteiger partial charge in [-0.15, -0.1) is 0 Å². The maximum absolute atomic E-state index is 12.6. The van der Waals surface area contributed by atoms with E-state index in [1.54, 1.807) is 18.2 Å². The summed E-state index contributed by atoms with van der Waals surface area (Å²) >= 11 is 0. The van der Waals surface area contributed by atoms with Gasteiger partial charge in [-0.1, -0.05) is 42.5 Å². The standard InChI is InChI=1S/C23H23N3O2/c1-15-11-12-17(3)21(13-15)26-23(28)20-10-6-9-19(25-20)22(27)24-14-18-8-5-4-7-16(18)2/h4-13H,14H2,1-3H3,(H,24,27)(H,26,28). The zero-order valence-corrected chi connectivity index (χ0v) is 16.2. The molecule has 0 unspecified atom stereocenters. The van der Waals surface area contributed by atoms with Crippen LogP contribution in [-0.4, -0.2) is 16.8 Å². The molecule has 1 heterocycles. The Balaban J connectivity index is 1.70. The number of carbonyl (C=O) groups is 2. The number of hydrogen-bond acceptors (Lipinski definition) is 3. The predicted molar refractivity (Wildman–Crippen MR) is 110 cm³/mol. The number of carbonyl (C=O) groups excluding carboxylic acids is 2. The normalized spacial score (nSPS) is 10.4. The zero-order valence-electron chi connectivity index (χ0n) is 16.2. The lowest BCUT2D eigenvalue weighted by Gasteiger charge is -2.10. The summed E-state index contributed by atoms with van der Waals surface area (Å²) in [6.45, 7) is 6.30. The predicted octanol–water partition coefficient (Wildman–Crippen LogP) is 4.19. The molecule has 3 rings (SSSR count). The Morgan fingerprint density at radius 2 is 1.54 bits per heavy atom. The smallest absolute Gasteiger partial charge is 0.274 e. The molecule has 1 aromatic heterocycles. The Morgan fingerprint density at radius 3 is 2.29 bits per heavy atom. The van der Waals surface area contributed by atoms with E-state index in [2.05, 4.69) is 15.6 Å². The summed E-state index contributed by atoms with van der Waals surface area (Å²) in [5, 5.41) is 5.72. The molecule has 5 nitrogen and oxygen atoms in total. The Morgan fingerprint density at radius 1 is 0.821 bits per heavy atom. The first-order chi connectivity index (χ1) is 13.4. The molecule has 0 aliphatic heterocycles. The number of nitrogens with zero attached hydrogens (tertiary/aromatic N) is 1. The molecule has 3 aromatic rings. The number of hydrogen-bond donors (Lipinski definition) is 2. The van der Waals surface area contributed by atoms with Crippen molar-refractivity contribution in [1.82, 2.24) is 10.3 Å². The SMILES string of the molecule is Cc1ccc(C)c(NC(=O)c2cccc(C(=O)NCc3ccccc3C)n2)c1. The fraction of sp³-hybridized carbons (Fsp3) is 0.174. The topological polar surface area (TPSA) is 71.1 Å². The summed E-state index contributed by atoms with van der Waals surface area (Å²) in [6, 6.07) is 18.6. The van der Waals surface area contributed by atoms with Gasteiger partial charge in [0, 0.05) is 12.2 Å². The summed E-state index contributed by atoms with van der Waals surface area (Å²) in [5.41, 5.74) is 5.31. The highest BCUT2D eigenvalue weighted by Crippen LogP contribution is 2.17. The van der Waals surface area contributed by atoms with Gasteiger partial charge < -0.3 is 10.6 Å². The van der Waals surface area contributed by atoms with E-state index in [-0.39, 0.29) is 23.2 Å². The Hall–Kier alpha value is -3.47. The van der Waals surface area contributed by atoms with Crippen LogP contribution in [0.4, 0.5) is 5.69 Å². The lowest BCUT2D eigenvalue weighted by Crippen LogP contribution is -2.25. The van der Waals surface area contributed by atoms with Crippen LogP contribution in [0.5, 0.6) is 0 Å². The lowest BCUT2D eigenvalue weighted by atomic mass is 10.1. The Kier molecular flexibility index (Phi) is 5.84. The molecule has 0 bridgehead atoms. The molecule has 0 aliphatic rings. The van der Waals surface area contributed by atoms with Crippen molar-refractivity contribution < 1.29 is 9.59 Å². The highest BCUT2D eigenvalue weighted by molar-refractivity contribution is 6.04. The highest BCUT2D eigenvalue weighted by Gasteiger charge is 2.13. The van der Waals surface area contributed by atoms with Crippen molar-refractivity contribution in [3.05, 3.63) is 94.3 Å². The molecule has 0 atom stereocenters. The molecule has 5 heteroatoms. The molecule has 0 saturated carbocycles. The largest absolute Gasteiger partial charge is 0.347 e. The van der Waals surface area contributed by atoms with Crippen LogP contribution >= 0.6 is 0 Å². The van der Waals surface area contributed by atoms with Gasteiger partial charge in [-0.2, -0.15) is 0 Å². The summed E-state index contributed by atoms with van der Waals surface area (Å²) in [4.78, 5) is 29.3. The number of amides is 2. The highest BCUT2D eigenvalue weighted by atomic mass is 16.2. The van der Waals surface area contributed by atoms with Gasteiger partial charge in [-0.05, 0) is 61.2 Å². The summed E-state index contributed by atoms with van der Waals surface area (Å²) in [6.07, 6.45) is 0. The summed E-state index contributed by atoms with van der Waals surface area (Å²) < 4.78 is 0. The van der Waals surface area contributed by atoms with Gasteiger partial charge >= 0.3 is 0 Å². The van der Waals surface area contributed by atoms with Crippen molar-refractivity contribution >= 4 is 17.5 Å². The Labute approximate surface area is 164 Å². The molecular formula is C23H23N3O2.